The molecule has 1 N–H and O–H groups in total. The van der Waals surface area contributed by atoms with Crippen LogP contribution in [0.1, 0.15) is 11.1 Å². The van der Waals surface area contributed by atoms with Gasteiger partial charge in [-0.1, -0.05) is 30.3 Å². The zero-order valence-corrected chi connectivity index (χ0v) is 22.1. The van der Waals surface area contributed by atoms with Crippen molar-refractivity contribution >= 4 is 22.7 Å². The summed E-state index contributed by atoms with van der Waals surface area (Å²) >= 11 is 0. The number of piperazine rings is 1. The second-order valence-electron chi connectivity index (χ2n) is 9.75. The zero-order chi connectivity index (χ0) is 26.4. The minimum Gasteiger partial charge on any atom is -0.493 e. The Morgan fingerprint density at radius 1 is 0.923 bits per heavy atom. The van der Waals surface area contributed by atoms with Gasteiger partial charge < -0.3 is 29.3 Å². The van der Waals surface area contributed by atoms with Crippen molar-refractivity contribution in [3.8, 4) is 11.5 Å². The molecule has 2 saturated heterocycles. The molecule has 2 aromatic heterocycles. The van der Waals surface area contributed by atoms with Gasteiger partial charge in [0.25, 0.3) is 0 Å². The van der Waals surface area contributed by atoms with E-state index in [1.165, 1.54) is 5.56 Å². The van der Waals surface area contributed by atoms with E-state index in [1.807, 2.05) is 30.6 Å². The second kappa shape index (κ2) is 11.8. The van der Waals surface area contributed by atoms with E-state index in [0.29, 0.717) is 24.7 Å². The third-order valence-corrected chi connectivity index (χ3v) is 7.13. The Balaban J connectivity index is 1.14. The number of nitrogens with one attached hydrogen (secondary N) is 1. The van der Waals surface area contributed by atoms with Gasteiger partial charge in [-0.2, -0.15) is 0 Å². The highest BCUT2D eigenvalue weighted by Crippen LogP contribution is 2.35. The second-order valence-corrected chi connectivity index (χ2v) is 9.75. The summed E-state index contributed by atoms with van der Waals surface area (Å²) in [5.41, 5.74) is 3.18. The van der Waals surface area contributed by atoms with Crippen LogP contribution < -0.4 is 24.6 Å². The average molecular weight is 528 g/mol. The first-order chi connectivity index (χ1) is 19.3. The van der Waals surface area contributed by atoms with Gasteiger partial charge in [-0.15, -0.1) is 0 Å². The molecule has 202 valence electrons. The molecule has 4 aromatic rings. The number of nitrogens with zero attached hydrogens (tertiary/aromatic N) is 6. The minimum atomic E-state index is 0.00773. The molecule has 39 heavy (non-hydrogen) atoms. The molecule has 2 aliphatic heterocycles. The van der Waals surface area contributed by atoms with Gasteiger partial charge in [-0.25, -0.2) is 19.9 Å². The molecular formula is C29H33N7O3. The molecule has 6 rings (SSSR count). The van der Waals surface area contributed by atoms with Gasteiger partial charge in [-0.3, -0.25) is 0 Å². The molecule has 0 amide bonds. The first kappa shape index (κ1) is 25.3. The molecule has 0 saturated carbocycles. The first-order valence-electron chi connectivity index (χ1n) is 13.4. The van der Waals surface area contributed by atoms with Gasteiger partial charge in [-0.05, 0) is 17.2 Å². The van der Waals surface area contributed by atoms with Gasteiger partial charge in [0.05, 0.1) is 19.2 Å². The number of hydrogen-bond acceptors (Lipinski definition) is 10. The number of rotatable bonds is 8. The molecular weight excluding hydrogens is 494 g/mol. The zero-order valence-electron chi connectivity index (χ0n) is 22.1. The fourth-order valence-corrected chi connectivity index (χ4v) is 5.04. The molecule has 2 aliphatic rings. The molecule has 10 nitrogen and oxygen atoms in total. The third kappa shape index (κ3) is 5.86. The molecule has 2 fully saturated rings. The number of hydrogen-bond donors (Lipinski definition) is 1. The smallest absolute Gasteiger partial charge is 0.225 e. The van der Waals surface area contributed by atoms with Crippen LogP contribution in [-0.2, 0) is 11.2 Å². The molecule has 2 aromatic carbocycles. The lowest BCUT2D eigenvalue weighted by Gasteiger charge is -2.35. The molecule has 0 spiro atoms. The number of fused-ring (bicyclic) bond motifs is 1. The van der Waals surface area contributed by atoms with Crippen LogP contribution in [0.2, 0.25) is 0 Å². The van der Waals surface area contributed by atoms with Gasteiger partial charge in [0.1, 0.15) is 24.9 Å². The summed E-state index contributed by atoms with van der Waals surface area (Å²) in [6.45, 7) is 5.97. The summed E-state index contributed by atoms with van der Waals surface area (Å²) in [6, 6.07) is 14.3. The molecule has 0 aliphatic carbocycles. The van der Waals surface area contributed by atoms with Crippen molar-refractivity contribution in [2.45, 2.75) is 12.5 Å². The predicted molar refractivity (Wildman–Crippen MR) is 150 cm³/mol. The number of morpholine rings is 1. The lowest BCUT2D eigenvalue weighted by molar-refractivity contribution is -0.000232. The first-order valence-corrected chi connectivity index (χ1v) is 13.4. The van der Waals surface area contributed by atoms with Crippen molar-refractivity contribution < 1.29 is 14.2 Å². The van der Waals surface area contributed by atoms with E-state index in [0.717, 1.165) is 73.9 Å². The number of methoxy groups -OCH3 is 1. The maximum atomic E-state index is 6.15. The Bertz CT molecular complexity index is 1370. The van der Waals surface area contributed by atoms with Crippen molar-refractivity contribution in [1.29, 1.82) is 0 Å². The molecule has 1 atom stereocenters. The van der Waals surface area contributed by atoms with Crippen molar-refractivity contribution in [3.63, 3.8) is 0 Å². The Kier molecular flexibility index (Phi) is 7.64. The predicted octanol–water partition coefficient (Wildman–Crippen LogP) is 2.71. The topological polar surface area (TPSA) is 97.8 Å². The Hall–Kier alpha value is -4.02. The van der Waals surface area contributed by atoms with Crippen LogP contribution in [0.4, 0.5) is 11.8 Å². The lowest BCUT2D eigenvalue weighted by Crippen LogP contribution is -2.47. The molecule has 4 heterocycles. The van der Waals surface area contributed by atoms with E-state index >= 15 is 0 Å². The molecule has 0 unspecified atom stereocenters. The summed E-state index contributed by atoms with van der Waals surface area (Å²) in [6.07, 6.45) is 6.32. The van der Waals surface area contributed by atoms with Gasteiger partial charge in [0.15, 0.2) is 11.5 Å². The summed E-state index contributed by atoms with van der Waals surface area (Å²) < 4.78 is 17.5. The Morgan fingerprint density at radius 2 is 1.72 bits per heavy atom. The standard InChI is InChI=1S/C29H33N7O3/c1-37-26-15-25-24(14-27(26)39-19-23-18-30-7-12-38-23)28(34-20-33-25)35-8-10-36(11-9-35)29-31-16-22(17-32-29)13-21-5-3-2-4-6-21/h2-6,14-17,20,23,30H,7-13,18-19H2,1H3/t23-/m0/s1. The van der Waals surface area contributed by atoms with E-state index in [2.05, 4.69) is 59.3 Å². The number of anilines is 2. The highest BCUT2D eigenvalue weighted by atomic mass is 16.5. The SMILES string of the molecule is COc1cc2ncnc(N3CCN(c4ncc(Cc5ccccc5)cn4)CC3)c2cc1OC[C@@H]1CNCCO1. The monoisotopic (exact) mass is 527 g/mol. The number of benzene rings is 2. The van der Waals surface area contributed by atoms with E-state index in [1.54, 1.807) is 13.4 Å². The maximum absolute atomic E-state index is 6.15. The van der Waals surface area contributed by atoms with E-state index in [-0.39, 0.29) is 6.10 Å². The van der Waals surface area contributed by atoms with E-state index in [4.69, 9.17) is 14.2 Å². The van der Waals surface area contributed by atoms with Crippen molar-refractivity contribution in [2.24, 2.45) is 0 Å². The van der Waals surface area contributed by atoms with Crippen LogP contribution >= 0.6 is 0 Å². The molecule has 0 radical (unpaired) electrons. The quantitative estimate of drug-likeness (QED) is 0.368. The van der Waals surface area contributed by atoms with Crippen LogP contribution in [-0.4, -0.2) is 85.6 Å². The number of aromatic nitrogens is 4. The average Bonchev–Trinajstić information content (AvgIpc) is 3.01. The minimum absolute atomic E-state index is 0.00773. The molecule has 0 bridgehead atoms. The lowest BCUT2D eigenvalue weighted by atomic mass is 10.1. The van der Waals surface area contributed by atoms with E-state index < -0.39 is 0 Å². The summed E-state index contributed by atoms with van der Waals surface area (Å²) in [4.78, 5) is 23.0. The van der Waals surface area contributed by atoms with Gasteiger partial charge in [0, 0.05) is 69.5 Å². The maximum Gasteiger partial charge on any atom is 0.225 e. The Morgan fingerprint density at radius 3 is 2.46 bits per heavy atom. The van der Waals surface area contributed by atoms with Crippen molar-refractivity contribution in [1.82, 2.24) is 25.3 Å². The highest BCUT2D eigenvalue weighted by Gasteiger charge is 2.23. The summed E-state index contributed by atoms with van der Waals surface area (Å²) in [5, 5.41) is 4.27. The van der Waals surface area contributed by atoms with Crippen molar-refractivity contribution in [2.75, 3.05) is 69.4 Å². The highest BCUT2D eigenvalue weighted by molar-refractivity contribution is 5.92. The fourth-order valence-electron chi connectivity index (χ4n) is 5.04. The largest absolute Gasteiger partial charge is 0.493 e. The fraction of sp³-hybridized carbons (Fsp3) is 0.379. The van der Waals surface area contributed by atoms with Crippen LogP contribution in [0.25, 0.3) is 10.9 Å². The number of ether oxygens (including phenoxy) is 3. The van der Waals surface area contributed by atoms with Crippen LogP contribution in [0, 0.1) is 0 Å². The third-order valence-electron chi connectivity index (χ3n) is 7.13. The normalized spacial score (nSPS) is 17.8. The van der Waals surface area contributed by atoms with Gasteiger partial charge in [0.2, 0.25) is 5.95 Å². The molecule has 10 heteroatoms. The van der Waals surface area contributed by atoms with Crippen molar-refractivity contribution in [3.05, 3.63) is 72.3 Å². The Labute approximate surface area is 228 Å². The van der Waals surface area contributed by atoms with Crippen LogP contribution in [0.5, 0.6) is 11.5 Å². The summed E-state index contributed by atoms with van der Waals surface area (Å²) in [5.74, 6) is 2.96. The van der Waals surface area contributed by atoms with Crippen LogP contribution in [0.3, 0.4) is 0 Å². The van der Waals surface area contributed by atoms with E-state index in [9.17, 15) is 0 Å². The summed E-state index contributed by atoms with van der Waals surface area (Å²) in [7, 11) is 1.64. The van der Waals surface area contributed by atoms with Crippen LogP contribution in [0.15, 0.2) is 61.2 Å². The van der Waals surface area contributed by atoms with Gasteiger partial charge >= 0.3 is 0 Å².